The Bertz CT molecular complexity index is 199. The van der Waals surface area contributed by atoms with E-state index in [2.05, 4.69) is 19.2 Å². The summed E-state index contributed by atoms with van der Waals surface area (Å²) in [5, 5.41) is 12.3. The quantitative estimate of drug-likeness (QED) is 0.689. The molecule has 1 aliphatic carbocycles. The van der Waals surface area contributed by atoms with Crippen LogP contribution in [0.3, 0.4) is 0 Å². The van der Waals surface area contributed by atoms with Gasteiger partial charge >= 0.3 is 5.97 Å². The first-order chi connectivity index (χ1) is 6.58. The van der Waals surface area contributed by atoms with Crippen LogP contribution in [0.4, 0.5) is 0 Å². The van der Waals surface area contributed by atoms with Gasteiger partial charge in [-0.1, -0.05) is 13.3 Å². The van der Waals surface area contributed by atoms with Crippen molar-refractivity contribution in [1.82, 2.24) is 5.32 Å². The van der Waals surface area contributed by atoms with Crippen LogP contribution in [0.25, 0.3) is 0 Å². The van der Waals surface area contributed by atoms with Gasteiger partial charge in [-0.15, -0.1) is 0 Å². The second kappa shape index (κ2) is 4.78. The molecule has 0 radical (unpaired) electrons. The molecule has 1 aliphatic rings. The zero-order valence-corrected chi connectivity index (χ0v) is 9.18. The Balaban J connectivity index is 2.40. The van der Waals surface area contributed by atoms with Crippen LogP contribution in [0.1, 0.15) is 52.4 Å². The molecule has 3 heteroatoms. The Kier molecular flexibility index (Phi) is 3.93. The number of aliphatic carboxylic acids is 1. The largest absolute Gasteiger partial charge is 0.481 e. The van der Waals surface area contributed by atoms with Crippen molar-refractivity contribution in [3.63, 3.8) is 0 Å². The van der Waals surface area contributed by atoms with Crippen molar-refractivity contribution in [2.24, 2.45) is 0 Å². The molecular formula is C11H21NO2. The van der Waals surface area contributed by atoms with Gasteiger partial charge in [0.15, 0.2) is 0 Å². The first-order valence-electron chi connectivity index (χ1n) is 5.57. The van der Waals surface area contributed by atoms with Crippen molar-refractivity contribution < 1.29 is 9.90 Å². The van der Waals surface area contributed by atoms with Crippen molar-refractivity contribution >= 4 is 5.97 Å². The van der Waals surface area contributed by atoms with Crippen molar-refractivity contribution in [3.05, 3.63) is 0 Å². The SMILES string of the molecule is CCCC(C)NC1(CC(=O)O)CCC1. The first kappa shape index (κ1) is 11.5. The summed E-state index contributed by atoms with van der Waals surface area (Å²) in [5.41, 5.74) is -0.0829. The molecule has 82 valence electrons. The highest BCUT2D eigenvalue weighted by Gasteiger charge is 2.39. The Morgan fingerprint density at radius 1 is 1.57 bits per heavy atom. The molecule has 0 bridgehead atoms. The fraction of sp³-hybridized carbons (Fsp3) is 0.909. The van der Waals surface area contributed by atoms with Crippen LogP contribution in [-0.4, -0.2) is 22.7 Å². The summed E-state index contributed by atoms with van der Waals surface area (Å²) in [6.45, 7) is 4.30. The number of hydrogen-bond acceptors (Lipinski definition) is 2. The van der Waals surface area contributed by atoms with Crippen LogP contribution < -0.4 is 5.32 Å². The third kappa shape index (κ3) is 2.98. The Morgan fingerprint density at radius 3 is 2.57 bits per heavy atom. The zero-order valence-electron chi connectivity index (χ0n) is 9.18. The maximum atomic E-state index is 10.7. The molecule has 0 saturated heterocycles. The lowest BCUT2D eigenvalue weighted by Gasteiger charge is -2.43. The molecule has 0 aromatic heterocycles. The second-order valence-corrected chi connectivity index (χ2v) is 4.54. The van der Waals surface area contributed by atoms with E-state index in [1.54, 1.807) is 0 Å². The summed E-state index contributed by atoms with van der Waals surface area (Å²) in [6, 6.07) is 0.444. The average molecular weight is 199 g/mol. The molecule has 2 N–H and O–H groups in total. The molecule has 0 aromatic carbocycles. The summed E-state index contributed by atoms with van der Waals surface area (Å²) >= 11 is 0. The molecule has 1 fully saturated rings. The van der Waals surface area contributed by atoms with Gasteiger partial charge in [0, 0.05) is 11.6 Å². The summed E-state index contributed by atoms with van der Waals surface area (Å²) in [4.78, 5) is 10.7. The third-order valence-electron chi connectivity index (χ3n) is 3.07. The second-order valence-electron chi connectivity index (χ2n) is 4.54. The van der Waals surface area contributed by atoms with Crippen LogP contribution in [0.15, 0.2) is 0 Å². The number of nitrogens with one attached hydrogen (secondary N) is 1. The molecule has 0 amide bonds. The van der Waals surface area contributed by atoms with Gasteiger partial charge in [-0.05, 0) is 32.6 Å². The van der Waals surface area contributed by atoms with Gasteiger partial charge in [0.25, 0.3) is 0 Å². The molecule has 0 spiro atoms. The number of carbonyl (C=O) groups is 1. The van der Waals surface area contributed by atoms with E-state index in [0.717, 1.165) is 25.7 Å². The van der Waals surface area contributed by atoms with Crippen molar-refractivity contribution in [2.45, 2.75) is 64.0 Å². The van der Waals surface area contributed by atoms with E-state index in [-0.39, 0.29) is 12.0 Å². The third-order valence-corrected chi connectivity index (χ3v) is 3.07. The van der Waals surface area contributed by atoms with Crippen LogP contribution in [-0.2, 0) is 4.79 Å². The maximum Gasteiger partial charge on any atom is 0.305 e. The van der Waals surface area contributed by atoms with Gasteiger partial charge in [0.1, 0.15) is 0 Å². The highest BCUT2D eigenvalue weighted by atomic mass is 16.4. The first-order valence-corrected chi connectivity index (χ1v) is 5.57. The van der Waals surface area contributed by atoms with Crippen LogP contribution in [0.5, 0.6) is 0 Å². The van der Waals surface area contributed by atoms with Crippen LogP contribution in [0.2, 0.25) is 0 Å². The standard InChI is InChI=1S/C11H21NO2/c1-3-5-9(2)12-11(6-4-7-11)8-10(13)14/h9,12H,3-8H2,1-2H3,(H,13,14). The van der Waals surface area contributed by atoms with E-state index in [0.29, 0.717) is 6.04 Å². The van der Waals surface area contributed by atoms with E-state index in [9.17, 15) is 4.79 Å². The van der Waals surface area contributed by atoms with E-state index in [1.165, 1.54) is 6.42 Å². The monoisotopic (exact) mass is 199 g/mol. The molecular weight excluding hydrogens is 178 g/mol. The zero-order chi connectivity index (χ0) is 10.6. The molecule has 1 saturated carbocycles. The minimum atomic E-state index is -0.680. The van der Waals surface area contributed by atoms with Crippen molar-refractivity contribution in [1.29, 1.82) is 0 Å². The predicted molar refractivity (Wildman–Crippen MR) is 56.3 cm³/mol. The Labute approximate surface area is 85.9 Å². The number of hydrogen-bond donors (Lipinski definition) is 2. The predicted octanol–water partition coefficient (Wildman–Crippen LogP) is 2.16. The van der Waals surface area contributed by atoms with E-state index in [1.807, 2.05) is 0 Å². The number of carboxylic acids is 1. The van der Waals surface area contributed by atoms with Gasteiger partial charge in [0.05, 0.1) is 6.42 Å². The van der Waals surface area contributed by atoms with Gasteiger partial charge in [-0.3, -0.25) is 4.79 Å². The molecule has 0 aliphatic heterocycles. The topological polar surface area (TPSA) is 49.3 Å². The summed E-state index contributed by atoms with van der Waals surface area (Å²) in [5.74, 6) is -0.680. The molecule has 3 nitrogen and oxygen atoms in total. The lowest BCUT2D eigenvalue weighted by molar-refractivity contribution is -0.139. The molecule has 14 heavy (non-hydrogen) atoms. The van der Waals surface area contributed by atoms with Crippen LogP contribution >= 0.6 is 0 Å². The Morgan fingerprint density at radius 2 is 2.21 bits per heavy atom. The fourth-order valence-electron chi connectivity index (χ4n) is 2.29. The summed E-state index contributed by atoms with van der Waals surface area (Å²) in [7, 11) is 0. The molecule has 1 atom stereocenters. The lowest BCUT2D eigenvalue weighted by atomic mass is 9.74. The lowest BCUT2D eigenvalue weighted by Crippen LogP contribution is -2.55. The minimum Gasteiger partial charge on any atom is -0.481 e. The van der Waals surface area contributed by atoms with Gasteiger partial charge in [-0.25, -0.2) is 0 Å². The normalized spacial score (nSPS) is 21.3. The average Bonchev–Trinajstić information content (AvgIpc) is 1.99. The molecule has 0 aromatic rings. The van der Waals surface area contributed by atoms with Crippen LogP contribution in [0, 0.1) is 0 Å². The molecule has 0 heterocycles. The number of rotatable bonds is 6. The van der Waals surface area contributed by atoms with E-state index < -0.39 is 5.97 Å². The summed E-state index contributed by atoms with van der Waals surface area (Å²) < 4.78 is 0. The highest BCUT2D eigenvalue weighted by Crippen LogP contribution is 2.35. The number of carboxylic acid groups (broad SMARTS) is 1. The van der Waals surface area contributed by atoms with Gasteiger partial charge in [0.2, 0.25) is 0 Å². The van der Waals surface area contributed by atoms with E-state index >= 15 is 0 Å². The minimum absolute atomic E-state index is 0.0829. The van der Waals surface area contributed by atoms with Crippen molar-refractivity contribution in [2.75, 3.05) is 0 Å². The smallest absolute Gasteiger partial charge is 0.305 e. The maximum absolute atomic E-state index is 10.7. The van der Waals surface area contributed by atoms with Gasteiger partial charge < -0.3 is 10.4 Å². The molecule has 1 rings (SSSR count). The Hall–Kier alpha value is -0.570. The van der Waals surface area contributed by atoms with Crippen molar-refractivity contribution in [3.8, 4) is 0 Å². The summed E-state index contributed by atoms with van der Waals surface area (Å²) in [6.07, 6.45) is 5.76. The van der Waals surface area contributed by atoms with Gasteiger partial charge in [-0.2, -0.15) is 0 Å². The van der Waals surface area contributed by atoms with E-state index in [4.69, 9.17) is 5.11 Å². The fourth-order valence-corrected chi connectivity index (χ4v) is 2.29. The highest BCUT2D eigenvalue weighted by molar-refractivity contribution is 5.68. The molecule has 1 unspecified atom stereocenters.